The van der Waals surface area contributed by atoms with Gasteiger partial charge in [0, 0.05) is 49.0 Å². The highest BCUT2D eigenvalue weighted by Crippen LogP contribution is 2.35. The second-order valence-corrected chi connectivity index (χ2v) is 8.64. The van der Waals surface area contributed by atoms with Crippen molar-refractivity contribution in [2.45, 2.75) is 6.04 Å². The van der Waals surface area contributed by atoms with E-state index in [0.717, 1.165) is 43.2 Å². The Hall–Kier alpha value is -3.22. The van der Waals surface area contributed by atoms with E-state index in [1.807, 2.05) is 18.2 Å². The van der Waals surface area contributed by atoms with Gasteiger partial charge in [-0.3, -0.25) is 9.69 Å². The van der Waals surface area contributed by atoms with Gasteiger partial charge in [0.25, 0.3) is 5.91 Å². The van der Waals surface area contributed by atoms with Crippen molar-refractivity contribution >= 4 is 23.2 Å². The van der Waals surface area contributed by atoms with Crippen molar-refractivity contribution in [2.24, 2.45) is 0 Å². The number of para-hydroxylation sites is 1. The molecule has 7 heteroatoms. The van der Waals surface area contributed by atoms with Gasteiger partial charge in [-0.2, -0.15) is 0 Å². The lowest BCUT2D eigenvalue weighted by Crippen LogP contribution is -2.50. The lowest BCUT2D eigenvalue weighted by Gasteiger charge is -2.40. The Bertz CT molecular complexity index is 1120. The van der Waals surface area contributed by atoms with Crippen molar-refractivity contribution in [1.82, 2.24) is 10.2 Å². The molecule has 5 rings (SSSR count). The number of rotatable bonds is 6. The summed E-state index contributed by atoms with van der Waals surface area (Å²) in [7, 11) is 0. The Kier molecular flexibility index (Phi) is 6.37. The topological polar surface area (TPSA) is 54.0 Å². The van der Waals surface area contributed by atoms with E-state index in [1.165, 1.54) is 5.69 Å². The lowest BCUT2D eigenvalue weighted by molar-refractivity contribution is 0.0930. The molecule has 0 aliphatic carbocycles. The summed E-state index contributed by atoms with van der Waals surface area (Å²) in [5.41, 5.74) is 2.89. The number of ether oxygens (including phenoxy) is 2. The molecule has 1 unspecified atom stereocenters. The minimum absolute atomic E-state index is 0.0144. The number of benzene rings is 3. The van der Waals surface area contributed by atoms with Gasteiger partial charge in [-0.25, -0.2) is 0 Å². The van der Waals surface area contributed by atoms with Gasteiger partial charge >= 0.3 is 0 Å². The third-order valence-corrected chi connectivity index (χ3v) is 6.44. The predicted molar refractivity (Wildman–Crippen MR) is 129 cm³/mol. The number of fused-ring (bicyclic) bond motifs is 1. The number of carbonyl (C=O) groups is 1. The zero-order valence-corrected chi connectivity index (χ0v) is 19.0. The second kappa shape index (κ2) is 9.73. The summed E-state index contributed by atoms with van der Waals surface area (Å²) in [6.07, 6.45) is 0. The van der Waals surface area contributed by atoms with Crippen LogP contribution in [-0.4, -0.2) is 50.3 Å². The molecular weight excluding hydrogens is 438 g/mol. The molecule has 2 heterocycles. The van der Waals surface area contributed by atoms with Crippen LogP contribution in [0.15, 0.2) is 72.8 Å². The minimum atomic E-state index is -0.133. The molecule has 0 bridgehead atoms. The largest absolute Gasteiger partial charge is 0.454 e. The zero-order valence-electron chi connectivity index (χ0n) is 18.2. The molecule has 1 fully saturated rings. The number of nitrogens with one attached hydrogen (secondary N) is 1. The Morgan fingerprint density at radius 1 is 0.909 bits per heavy atom. The first-order valence-corrected chi connectivity index (χ1v) is 11.5. The Labute approximate surface area is 198 Å². The van der Waals surface area contributed by atoms with Crippen molar-refractivity contribution in [1.29, 1.82) is 0 Å². The Balaban J connectivity index is 1.32. The maximum Gasteiger partial charge on any atom is 0.251 e. The third kappa shape index (κ3) is 4.92. The van der Waals surface area contributed by atoms with E-state index in [1.54, 1.807) is 24.3 Å². The first kappa shape index (κ1) is 21.6. The van der Waals surface area contributed by atoms with Crippen LogP contribution in [0.3, 0.4) is 0 Å². The molecule has 0 saturated carbocycles. The quantitative estimate of drug-likeness (QED) is 0.588. The van der Waals surface area contributed by atoms with Gasteiger partial charge in [-0.05, 0) is 48.0 Å². The Morgan fingerprint density at radius 3 is 2.48 bits per heavy atom. The smallest absolute Gasteiger partial charge is 0.251 e. The van der Waals surface area contributed by atoms with Crippen LogP contribution < -0.4 is 19.7 Å². The first-order valence-electron chi connectivity index (χ1n) is 11.1. The first-order chi connectivity index (χ1) is 16.2. The average Bonchev–Trinajstić information content (AvgIpc) is 3.33. The van der Waals surface area contributed by atoms with Crippen LogP contribution in [0.1, 0.15) is 22.0 Å². The molecule has 1 amide bonds. The highest BCUT2D eigenvalue weighted by atomic mass is 35.5. The fourth-order valence-electron chi connectivity index (χ4n) is 4.43. The summed E-state index contributed by atoms with van der Waals surface area (Å²) >= 11 is 6.07. The fourth-order valence-corrected chi connectivity index (χ4v) is 4.62. The summed E-state index contributed by atoms with van der Waals surface area (Å²) in [6.45, 7) is 4.35. The molecule has 3 aromatic rings. The molecule has 6 nitrogen and oxygen atoms in total. The van der Waals surface area contributed by atoms with Gasteiger partial charge in [0.15, 0.2) is 11.5 Å². The van der Waals surface area contributed by atoms with Crippen molar-refractivity contribution < 1.29 is 14.3 Å². The molecule has 170 valence electrons. The lowest BCUT2D eigenvalue weighted by atomic mass is 10.0. The number of piperazine rings is 1. The van der Waals surface area contributed by atoms with Crippen LogP contribution in [0.5, 0.6) is 11.5 Å². The predicted octanol–water partition coefficient (Wildman–Crippen LogP) is 4.36. The van der Waals surface area contributed by atoms with Crippen molar-refractivity contribution in [2.75, 3.05) is 44.4 Å². The van der Waals surface area contributed by atoms with Crippen LogP contribution in [0.25, 0.3) is 0 Å². The number of halogens is 1. The number of nitrogens with zero attached hydrogens (tertiary/aromatic N) is 2. The van der Waals surface area contributed by atoms with E-state index in [0.29, 0.717) is 17.1 Å². The summed E-state index contributed by atoms with van der Waals surface area (Å²) in [5, 5.41) is 3.66. The molecule has 2 aliphatic rings. The molecule has 1 N–H and O–H groups in total. The van der Waals surface area contributed by atoms with Gasteiger partial charge < -0.3 is 19.7 Å². The van der Waals surface area contributed by atoms with Crippen LogP contribution >= 0.6 is 11.6 Å². The SMILES string of the molecule is O=C(NCC(c1ccc2c(c1)OCO2)N1CCN(c2ccccc2)CC1)c1cccc(Cl)c1. The van der Waals surface area contributed by atoms with E-state index >= 15 is 0 Å². The van der Waals surface area contributed by atoms with Crippen molar-refractivity contribution in [3.8, 4) is 11.5 Å². The molecular formula is C26H26ClN3O3. The van der Waals surface area contributed by atoms with Crippen molar-refractivity contribution in [3.05, 3.63) is 88.9 Å². The molecule has 1 saturated heterocycles. The van der Waals surface area contributed by atoms with Crippen molar-refractivity contribution in [3.63, 3.8) is 0 Å². The minimum Gasteiger partial charge on any atom is -0.454 e. The molecule has 0 aromatic heterocycles. The normalized spacial score (nSPS) is 16.5. The fraction of sp³-hybridized carbons (Fsp3) is 0.269. The molecule has 2 aliphatic heterocycles. The van der Waals surface area contributed by atoms with Gasteiger partial charge in [0.05, 0.1) is 6.04 Å². The van der Waals surface area contributed by atoms with Crippen LogP contribution in [0.4, 0.5) is 5.69 Å². The monoisotopic (exact) mass is 463 g/mol. The summed E-state index contributed by atoms with van der Waals surface area (Å²) in [5.74, 6) is 1.38. The summed E-state index contributed by atoms with van der Waals surface area (Å²) in [6, 6.07) is 23.5. The molecule has 0 spiro atoms. The number of hydrogen-bond acceptors (Lipinski definition) is 5. The van der Waals surface area contributed by atoms with Gasteiger partial charge in [0.1, 0.15) is 0 Å². The number of carbonyl (C=O) groups excluding carboxylic acids is 1. The van der Waals surface area contributed by atoms with E-state index < -0.39 is 0 Å². The second-order valence-electron chi connectivity index (χ2n) is 8.21. The van der Waals surface area contributed by atoms with E-state index in [-0.39, 0.29) is 18.7 Å². The van der Waals surface area contributed by atoms with Crippen LogP contribution in [0.2, 0.25) is 5.02 Å². The van der Waals surface area contributed by atoms with Crippen LogP contribution in [0, 0.1) is 0 Å². The van der Waals surface area contributed by atoms with E-state index in [9.17, 15) is 4.79 Å². The molecule has 33 heavy (non-hydrogen) atoms. The number of hydrogen-bond donors (Lipinski definition) is 1. The highest BCUT2D eigenvalue weighted by molar-refractivity contribution is 6.30. The maximum atomic E-state index is 12.8. The standard InChI is InChI=1S/C26H26ClN3O3/c27-21-6-4-5-20(15-21)26(31)28-17-23(19-9-10-24-25(16-19)33-18-32-24)30-13-11-29(12-14-30)22-7-2-1-3-8-22/h1-10,15-16,23H,11-14,17-18H2,(H,28,31). The third-order valence-electron chi connectivity index (χ3n) is 6.20. The van der Waals surface area contributed by atoms with Gasteiger partial charge in [0.2, 0.25) is 6.79 Å². The number of anilines is 1. The maximum absolute atomic E-state index is 12.8. The molecule has 0 radical (unpaired) electrons. The average molecular weight is 464 g/mol. The zero-order chi connectivity index (χ0) is 22.6. The van der Waals surface area contributed by atoms with E-state index in [2.05, 4.69) is 45.4 Å². The summed E-state index contributed by atoms with van der Waals surface area (Å²) in [4.78, 5) is 17.6. The van der Waals surface area contributed by atoms with Crippen LogP contribution in [-0.2, 0) is 0 Å². The highest BCUT2D eigenvalue weighted by Gasteiger charge is 2.27. The van der Waals surface area contributed by atoms with E-state index in [4.69, 9.17) is 21.1 Å². The number of amides is 1. The Morgan fingerprint density at radius 2 is 1.70 bits per heavy atom. The van der Waals surface area contributed by atoms with Gasteiger partial charge in [-0.1, -0.05) is 41.9 Å². The summed E-state index contributed by atoms with van der Waals surface area (Å²) < 4.78 is 11.1. The molecule has 1 atom stereocenters. The molecule has 3 aromatic carbocycles. The van der Waals surface area contributed by atoms with Gasteiger partial charge in [-0.15, -0.1) is 0 Å².